The minimum Gasteiger partial charge on any atom is -1.00 e. The Morgan fingerprint density at radius 1 is 1.06 bits per heavy atom. The summed E-state index contributed by atoms with van der Waals surface area (Å²) in [6, 6.07) is 4.32. The van der Waals surface area contributed by atoms with Gasteiger partial charge in [-0.25, -0.2) is 0 Å². The van der Waals surface area contributed by atoms with E-state index >= 15 is 0 Å². The maximum atomic E-state index is 3.35. The fourth-order valence-electron chi connectivity index (χ4n) is 2.39. The second-order valence-corrected chi connectivity index (χ2v) is 7.10. The van der Waals surface area contributed by atoms with E-state index in [1.807, 2.05) is 6.20 Å². The molecule has 1 aliphatic rings. The fraction of sp³-hybridized carbons (Fsp3) is 0.429. The summed E-state index contributed by atoms with van der Waals surface area (Å²) in [7, 11) is 0. The van der Waals surface area contributed by atoms with Gasteiger partial charge in [-0.1, -0.05) is 0 Å². The molecule has 1 aromatic rings. The Morgan fingerprint density at radius 2 is 1.67 bits per heavy atom. The van der Waals surface area contributed by atoms with Crippen LogP contribution in [0.4, 0.5) is 0 Å². The molecule has 0 saturated carbocycles. The van der Waals surface area contributed by atoms with Gasteiger partial charge in [-0.05, 0) is 0 Å². The fourth-order valence-corrected chi connectivity index (χ4v) is 4.70. The summed E-state index contributed by atoms with van der Waals surface area (Å²) < 4.78 is 3.12. The minimum atomic E-state index is -0.189. The molecule has 0 aliphatic heterocycles. The quantitative estimate of drug-likeness (QED) is 0.575. The standard InChI is InChI=1S/C10H15.C4H4N.2ClH.Ti/c1-7-6-10(4,5)9(3)8(7)2;1-2-4-5-3-1;;;/h1-5H3;1-3,5H;2*1H;/q;;;;+2/p-2. The number of hydrogen-bond acceptors (Lipinski definition) is 0. The smallest absolute Gasteiger partial charge is 1.00 e. The van der Waals surface area contributed by atoms with Crippen LogP contribution in [0.1, 0.15) is 34.6 Å². The van der Waals surface area contributed by atoms with Gasteiger partial charge in [0.2, 0.25) is 0 Å². The van der Waals surface area contributed by atoms with Crippen molar-refractivity contribution in [3.05, 3.63) is 38.9 Å². The van der Waals surface area contributed by atoms with Gasteiger partial charge in [0, 0.05) is 0 Å². The Kier molecular flexibility index (Phi) is 6.49. The van der Waals surface area contributed by atoms with Crippen molar-refractivity contribution in [3.63, 3.8) is 0 Å². The monoisotopic (exact) mass is 319 g/mol. The van der Waals surface area contributed by atoms with Crippen LogP contribution in [-0.2, 0) is 19.2 Å². The summed E-state index contributed by atoms with van der Waals surface area (Å²) >= 11 is -0.189. The van der Waals surface area contributed by atoms with E-state index in [0.717, 1.165) is 0 Å². The first kappa shape index (κ1) is 18.1. The van der Waals surface area contributed by atoms with Crippen LogP contribution in [0.25, 0.3) is 0 Å². The molecule has 0 fully saturated rings. The molecular formula is C14H19Cl2NTi. The van der Waals surface area contributed by atoms with Crippen LogP contribution in [-0.4, -0.2) is 4.98 Å². The van der Waals surface area contributed by atoms with Crippen molar-refractivity contribution < 1.29 is 44.0 Å². The molecule has 1 heterocycles. The molecule has 1 nitrogen and oxygen atoms in total. The average molecular weight is 320 g/mol. The van der Waals surface area contributed by atoms with E-state index in [1.165, 1.54) is 15.1 Å². The van der Waals surface area contributed by atoms with Crippen molar-refractivity contribution in [3.8, 4) is 0 Å². The van der Waals surface area contributed by atoms with Crippen molar-refractivity contribution in [2.75, 3.05) is 0 Å². The topological polar surface area (TPSA) is 15.8 Å². The molecule has 0 spiro atoms. The van der Waals surface area contributed by atoms with Crippen LogP contribution in [0.5, 0.6) is 0 Å². The molecule has 1 aromatic heterocycles. The van der Waals surface area contributed by atoms with E-state index in [2.05, 4.69) is 51.7 Å². The number of aromatic nitrogens is 1. The molecule has 0 unspecified atom stereocenters. The Morgan fingerprint density at radius 3 is 2.06 bits per heavy atom. The molecule has 1 N–H and O–H groups in total. The molecule has 98 valence electrons. The Hall–Kier alpha value is 0.0543. The van der Waals surface area contributed by atoms with Gasteiger partial charge < -0.3 is 24.8 Å². The Labute approximate surface area is 131 Å². The first-order valence-corrected chi connectivity index (χ1v) is 7.31. The van der Waals surface area contributed by atoms with Crippen LogP contribution >= 0.6 is 0 Å². The van der Waals surface area contributed by atoms with Crippen LogP contribution in [0, 0.1) is 5.41 Å². The molecule has 0 aromatic carbocycles. The zero-order valence-electron chi connectivity index (χ0n) is 11.5. The minimum absolute atomic E-state index is 0. The summed E-state index contributed by atoms with van der Waals surface area (Å²) in [5.41, 5.74) is 4.88. The molecule has 2 rings (SSSR count). The van der Waals surface area contributed by atoms with Gasteiger partial charge in [0.25, 0.3) is 0 Å². The van der Waals surface area contributed by atoms with E-state index < -0.39 is 0 Å². The van der Waals surface area contributed by atoms with Gasteiger partial charge >= 0.3 is 107 Å². The van der Waals surface area contributed by atoms with Gasteiger partial charge in [-0.15, -0.1) is 0 Å². The second-order valence-electron chi connectivity index (χ2n) is 5.08. The maximum absolute atomic E-state index is 3.35. The third-order valence-corrected chi connectivity index (χ3v) is 6.78. The van der Waals surface area contributed by atoms with Crippen LogP contribution in [0.3, 0.4) is 0 Å². The van der Waals surface area contributed by atoms with Crippen molar-refractivity contribution in [1.82, 2.24) is 4.98 Å². The zero-order valence-corrected chi connectivity index (χ0v) is 14.6. The first-order valence-electron chi connectivity index (χ1n) is 5.74. The maximum Gasteiger partial charge on any atom is -1.00 e. The largest absolute Gasteiger partial charge is 1.00 e. The number of halogens is 2. The van der Waals surface area contributed by atoms with Gasteiger partial charge in [0.1, 0.15) is 0 Å². The third-order valence-electron chi connectivity index (χ3n) is 3.92. The van der Waals surface area contributed by atoms with Crippen molar-refractivity contribution in [2.24, 2.45) is 5.41 Å². The van der Waals surface area contributed by atoms with Crippen molar-refractivity contribution in [2.45, 2.75) is 34.6 Å². The Bertz CT molecular complexity index is 470. The van der Waals surface area contributed by atoms with E-state index in [0.29, 0.717) is 0 Å². The average Bonchev–Trinajstić information content (AvgIpc) is 2.78. The molecule has 0 amide bonds. The number of nitrogens with one attached hydrogen (secondary N) is 1. The normalized spacial score (nSPS) is 17.2. The van der Waals surface area contributed by atoms with Gasteiger partial charge in [-0.3, -0.25) is 0 Å². The number of allylic oxidation sites excluding steroid dienone is 4. The molecule has 0 saturated heterocycles. The molecule has 0 radical (unpaired) electrons. The molecule has 0 atom stereocenters. The molecular weight excluding hydrogens is 301 g/mol. The number of hydrogen-bond donors (Lipinski definition) is 1. The zero-order chi connectivity index (χ0) is 11.9. The third kappa shape index (κ3) is 2.96. The van der Waals surface area contributed by atoms with Crippen molar-refractivity contribution in [1.29, 1.82) is 0 Å². The molecule has 4 heteroatoms. The Balaban J connectivity index is 0.00000144. The number of H-pyrrole nitrogens is 1. The predicted molar refractivity (Wildman–Crippen MR) is 65.3 cm³/mol. The van der Waals surface area contributed by atoms with E-state index in [1.54, 1.807) is 9.45 Å². The summed E-state index contributed by atoms with van der Waals surface area (Å²) in [5.74, 6) is 0. The van der Waals surface area contributed by atoms with Gasteiger partial charge in [-0.2, -0.15) is 0 Å². The van der Waals surface area contributed by atoms with Crippen LogP contribution < -0.4 is 28.8 Å². The SMILES string of the molecule is CC1=C(C)C(C)(C)[C]([Ti+2][c]2ccc[nH]2)=C1C.[Cl-].[Cl-]. The predicted octanol–water partition coefficient (Wildman–Crippen LogP) is -2.62. The second kappa shape index (κ2) is 6.48. The van der Waals surface area contributed by atoms with Gasteiger partial charge in [0.15, 0.2) is 0 Å². The molecule has 18 heavy (non-hydrogen) atoms. The summed E-state index contributed by atoms with van der Waals surface area (Å²) in [4.78, 5) is 3.35. The van der Waals surface area contributed by atoms with Crippen LogP contribution in [0.15, 0.2) is 38.9 Å². The summed E-state index contributed by atoms with van der Waals surface area (Å²) in [6.07, 6.45) is 2.03. The van der Waals surface area contributed by atoms with Crippen molar-refractivity contribution >= 4 is 4.00 Å². The number of rotatable bonds is 2. The van der Waals surface area contributed by atoms with E-state index in [9.17, 15) is 0 Å². The molecule has 1 aliphatic carbocycles. The molecule has 0 bridgehead atoms. The number of aromatic amines is 1. The van der Waals surface area contributed by atoms with Gasteiger partial charge in [0.05, 0.1) is 0 Å². The first-order chi connectivity index (χ1) is 7.44. The van der Waals surface area contributed by atoms with E-state index in [-0.39, 0.29) is 49.4 Å². The van der Waals surface area contributed by atoms with E-state index in [4.69, 9.17) is 0 Å². The summed E-state index contributed by atoms with van der Waals surface area (Å²) in [5, 5.41) is 0. The van der Waals surface area contributed by atoms with Crippen LogP contribution in [0.2, 0.25) is 0 Å². The summed E-state index contributed by atoms with van der Waals surface area (Å²) in [6.45, 7) is 11.6.